The van der Waals surface area contributed by atoms with Crippen LogP contribution < -0.4 is 4.90 Å². The van der Waals surface area contributed by atoms with Gasteiger partial charge in [0.25, 0.3) is 5.69 Å². The van der Waals surface area contributed by atoms with E-state index in [4.69, 9.17) is 23.2 Å². The minimum atomic E-state index is -0.550. The Morgan fingerprint density at radius 2 is 1.68 bits per heavy atom. The third-order valence-electron chi connectivity index (χ3n) is 2.96. The predicted molar refractivity (Wildman–Crippen MR) is 91.1 cm³/mol. The molecule has 0 aliphatic heterocycles. The van der Waals surface area contributed by atoms with Crippen LogP contribution in [-0.2, 0) is 0 Å². The highest BCUT2D eigenvalue weighted by Crippen LogP contribution is 2.36. The van der Waals surface area contributed by atoms with Crippen LogP contribution in [0.4, 0.5) is 17.1 Å². The highest BCUT2D eigenvalue weighted by atomic mass is 35.5. The second kappa shape index (κ2) is 6.77. The molecule has 0 unspecified atom stereocenters. The molecule has 0 atom stereocenters. The second-order valence-electron chi connectivity index (χ2n) is 4.76. The maximum Gasteiger partial charge on any atom is 0.272 e. The van der Waals surface area contributed by atoms with Crippen molar-refractivity contribution in [3.05, 3.63) is 62.1 Å². The summed E-state index contributed by atoms with van der Waals surface area (Å²) in [6.07, 6.45) is 1.61. The summed E-state index contributed by atoms with van der Waals surface area (Å²) in [7, 11) is 3.92. The Bertz CT molecular complexity index is 705. The lowest BCUT2D eigenvalue weighted by Crippen LogP contribution is -2.08. The number of halogens is 2. The highest BCUT2D eigenvalue weighted by Gasteiger charge is 2.13. The molecule has 0 aliphatic rings. The van der Waals surface area contributed by atoms with Gasteiger partial charge in [-0.15, -0.1) is 0 Å². The molecule has 2 rings (SSSR count). The number of nitro groups is 1. The Balaban J connectivity index is 2.28. The standard InChI is InChI=1S/C15H13Cl2N3O2/c1-19(2)11-5-3-10(4-6-11)9-18-15-13(16)7-12(20(21)22)8-14(15)17/h3-9H,1-2H3. The van der Waals surface area contributed by atoms with Crippen LogP contribution in [0.25, 0.3) is 0 Å². The van der Waals surface area contributed by atoms with E-state index in [1.54, 1.807) is 6.21 Å². The zero-order chi connectivity index (χ0) is 16.3. The number of nitrogens with zero attached hydrogens (tertiary/aromatic N) is 3. The van der Waals surface area contributed by atoms with Crippen molar-refractivity contribution in [2.24, 2.45) is 4.99 Å². The molecule has 7 heteroatoms. The molecule has 0 aliphatic carbocycles. The lowest BCUT2D eigenvalue weighted by Gasteiger charge is -2.11. The van der Waals surface area contributed by atoms with Gasteiger partial charge in [0.15, 0.2) is 0 Å². The SMILES string of the molecule is CN(C)c1ccc(C=Nc2c(Cl)cc([N+](=O)[O-])cc2Cl)cc1. The predicted octanol–water partition coefficient (Wildman–Crippen LogP) is 4.72. The summed E-state index contributed by atoms with van der Waals surface area (Å²) >= 11 is 12.0. The van der Waals surface area contributed by atoms with Gasteiger partial charge in [-0.3, -0.25) is 15.1 Å². The van der Waals surface area contributed by atoms with Gasteiger partial charge in [0.1, 0.15) is 5.69 Å². The molecule has 0 spiro atoms. The topological polar surface area (TPSA) is 58.7 Å². The highest BCUT2D eigenvalue weighted by molar-refractivity contribution is 6.39. The minimum absolute atomic E-state index is 0.139. The van der Waals surface area contributed by atoms with Crippen LogP contribution in [0.15, 0.2) is 41.4 Å². The fourth-order valence-corrected chi connectivity index (χ4v) is 2.35. The van der Waals surface area contributed by atoms with Crippen molar-refractivity contribution in [2.45, 2.75) is 0 Å². The second-order valence-corrected chi connectivity index (χ2v) is 5.57. The number of aliphatic imine (C=N–C) groups is 1. The number of non-ortho nitro benzene ring substituents is 1. The summed E-state index contributed by atoms with van der Waals surface area (Å²) in [5, 5.41) is 11.0. The summed E-state index contributed by atoms with van der Waals surface area (Å²) in [6.45, 7) is 0. The van der Waals surface area contributed by atoms with Gasteiger partial charge >= 0.3 is 0 Å². The van der Waals surface area contributed by atoms with Crippen molar-refractivity contribution in [2.75, 3.05) is 19.0 Å². The van der Waals surface area contributed by atoms with Crippen molar-refractivity contribution in [3.63, 3.8) is 0 Å². The van der Waals surface area contributed by atoms with Crippen molar-refractivity contribution in [3.8, 4) is 0 Å². The van der Waals surface area contributed by atoms with E-state index in [0.29, 0.717) is 5.69 Å². The summed E-state index contributed by atoms with van der Waals surface area (Å²) in [5.41, 5.74) is 2.09. The van der Waals surface area contributed by atoms with E-state index in [0.717, 1.165) is 11.3 Å². The van der Waals surface area contributed by atoms with E-state index < -0.39 is 4.92 Å². The molecule has 0 aromatic heterocycles. The van der Waals surface area contributed by atoms with Crippen LogP contribution in [0.3, 0.4) is 0 Å². The quantitative estimate of drug-likeness (QED) is 0.460. The molecule has 22 heavy (non-hydrogen) atoms. The van der Waals surface area contributed by atoms with Crippen molar-refractivity contribution < 1.29 is 4.92 Å². The molecule has 2 aromatic rings. The van der Waals surface area contributed by atoms with E-state index in [-0.39, 0.29) is 15.7 Å². The molecule has 0 saturated carbocycles. The number of anilines is 1. The van der Waals surface area contributed by atoms with Gasteiger partial charge in [0, 0.05) is 38.1 Å². The summed E-state index contributed by atoms with van der Waals surface area (Å²) in [4.78, 5) is 16.4. The van der Waals surface area contributed by atoms with Crippen LogP contribution in [0, 0.1) is 10.1 Å². The minimum Gasteiger partial charge on any atom is -0.378 e. The number of hydrogen-bond acceptors (Lipinski definition) is 4. The van der Waals surface area contributed by atoms with Gasteiger partial charge in [-0.25, -0.2) is 0 Å². The largest absolute Gasteiger partial charge is 0.378 e. The molecule has 5 nitrogen and oxygen atoms in total. The van der Waals surface area contributed by atoms with E-state index in [9.17, 15) is 10.1 Å². The molecule has 0 heterocycles. The number of nitro benzene ring substituents is 1. The Morgan fingerprint density at radius 1 is 1.14 bits per heavy atom. The molecule has 2 aromatic carbocycles. The molecule has 0 bridgehead atoms. The molecule has 0 saturated heterocycles. The van der Waals surface area contributed by atoms with E-state index in [1.807, 2.05) is 43.3 Å². The lowest BCUT2D eigenvalue weighted by atomic mass is 10.2. The molecule has 0 amide bonds. The molecule has 114 valence electrons. The zero-order valence-corrected chi connectivity index (χ0v) is 13.5. The van der Waals surface area contributed by atoms with Gasteiger partial charge in [0.05, 0.1) is 15.0 Å². The summed E-state index contributed by atoms with van der Waals surface area (Å²) < 4.78 is 0. The van der Waals surface area contributed by atoms with E-state index in [2.05, 4.69) is 4.99 Å². The van der Waals surface area contributed by atoms with E-state index >= 15 is 0 Å². The van der Waals surface area contributed by atoms with Crippen molar-refractivity contribution in [1.82, 2.24) is 0 Å². The molecule has 0 radical (unpaired) electrons. The fraction of sp³-hybridized carbons (Fsp3) is 0.133. The fourth-order valence-electron chi connectivity index (χ4n) is 1.78. The first kappa shape index (κ1) is 16.3. The first-order valence-electron chi connectivity index (χ1n) is 6.33. The summed E-state index contributed by atoms with van der Waals surface area (Å²) in [6, 6.07) is 10.2. The van der Waals surface area contributed by atoms with Crippen LogP contribution in [0.2, 0.25) is 10.0 Å². The zero-order valence-electron chi connectivity index (χ0n) is 12.0. The number of hydrogen-bond donors (Lipinski definition) is 0. The molecule has 0 N–H and O–H groups in total. The van der Waals surface area contributed by atoms with Gasteiger partial charge in [-0.2, -0.15) is 0 Å². The van der Waals surface area contributed by atoms with Gasteiger partial charge in [0.2, 0.25) is 0 Å². The van der Waals surface area contributed by atoms with Crippen molar-refractivity contribution in [1.29, 1.82) is 0 Å². The average molecular weight is 338 g/mol. The normalized spacial score (nSPS) is 10.9. The van der Waals surface area contributed by atoms with Gasteiger partial charge < -0.3 is 4.90 Å². The van der Waals surface area contributed by atoms with Crippen LogP contribution in [-0.4, -0.2) is 25.2 Å². The number of benzene rings is 2. The van der Waals surface area contributed by atoms with Crippen molar-refractivity contribution >= 4 is 46.5 Å². The summed E-state index contributed by atoms with van der Waals surface area (Å²) in [5.74, 6) is 0. The maximum atomic E-state index is 10.7. The smallest absolute Gasteiger partial charge is 0.272 e. The Kier molecular flexibility index (Phi) is 5.00. The maximum absolute atomic E-state index is 10.7. The van der Waals surface area contributed by atoms with Crippen LogP contribution in [0.1, 0.15) is 5.56 Å². The van der Waals surface area contributed by atoms with E-state index in [1.165, 1.54) is 12.1 Å². The first-order chi connectivity index (χ1) is 10.4. The lowest BCUT2D eigenvalue weighted by molar-refractivity contribution is -0.384. The Morgan fingerprint density at radius 3 is 2.14 bits per heavy atom. The third kappa shape index (κ3) is 3.75. The third-order valence-corrected chi connectivity index (χ3v) is 3.54. The monoisotopic (exact) mass is 337 g/mol. The van der Waals surface area contributed by atoms with Crippen LogP contribution >= 0.6 is 23.2 Å². The van der Waals surface area contributed by atoms with Gasteiger partial charge in [-0.1, -0.05) is 35.3 Å². The van der Waals surface area contributed by atoms with Gasteiger partial charge in [-0.05, 0) is 17.7 Å². The number of rotatable bonds is 4. The Labute approximate surface area is 137 Å². The Hall–Kier alpha value is -2.11. The molecule has 0 fully saturated rings. The van der Waals surface area contributed by atoms with Crippen LogP contribution in [0.5, 0.6) is 0 Å². The average Bonchev–Trinajstić information content (AvgIpc) is 2.46. The molecular formula is C15H13Cl2N3O2. The first-order valence-corrected chi connectivity index (χ1v) is 7.09. The molecular weight excluding hydrogens is 325 g/mol.